The number of rotatable bonds is 7. The van der Waals surface area contributed by atoms with E-state index in [0.29, 0.717) is 12.0 Å². The van der Waals surface area contributed by atoms with Crippen molar-refractivity contribution in [1.82, 2.24) is 0 Å². The number of carbonyl (C=O) groups is 5. The van der Waals surface area contributed by atoms with E-state index in [1.54, 1.807) is 13.0 Å². The second-order valence-corrected chi connectivity index (χ2v) is 15.0. The van der Waals surface area contributed by atoms with Crippen molar-refractivity contribution < 1.29 is 34.2 Å². The largest absolute Gasteiger partial charge is 0.507 e. The fraction of sp³-hybridized carbons (Fsp3) is 0.676. The van der Waals surface area contributed by atoms with Gasteiger partial charge in [-0.15, -0.1) is 0 Å². The molecule has 0 spiro atoms. The third kappa shape index (κ3) is 4.36. The van der Waals surface area contributed by atoms with Crippen LogP contribution in [-0.2, 0) is 25.6 Å². The molecule has 3 unspecified atom stereocenters. The molecular weight excluding hydrogens is 520 g/mol. The number of fused-ring (bicyclic) bond motifs is 3. The fourth-order valence-electron chi connectivity index (χ4n) is 8.96. The molecule has 0 aliphatic heterocycles. The number of carbonyl (C=O) groups excluding carboxylic acids is 5. The maximum absolute atomic E-state index is 14.5. The van der Waals surface area contributed by atoms with Gasteiger partial charge in [0, 0.05) is 17.8 Å². The lowest BCUT2D eigenvalue weighted by atomic mass is 9.39. The minimum Gasteiger partial charge on any atom is -0.507 e. The van der Waals surface area contributed by atoms with Crippen molar-refractivity contribution in [1.29, 1.82) is 0 Å². The van der Waals surface area contributed by atoms with E-state index < -0.39 is 68.5 Å². The number of phenolic OH excluding ortho intramolecular Hbond substituents is 1. The molecule has 2 fully saturated rings. The summed E-state index contributed by atoms with van der Waals surface area (Å²) in [7, 11) is 0. The van der Waals surface area contributed by atoms with E-state index in [1.165, 1.54) is 6.07 Å². The molecule has 0 saturated heterocycles. The molecule has 3 aliphatic rings. The predicted molar refractivity (Wildman–Crippen MR) is 155 cm³/mol. The maximum Gasteiger partial charge on any atom is 0.190 e. The van der Waals surface area contributed by atoms with Gasteiger partial charge in [-0.2, -0.15) is 0 Å². The lowest BCUT2D eigenvalue weighted by molar-refractivity contribution is -0.205. The summed E-state index contributed by atoms with van der Waals surface area (Å²) >= 11 is 0. The van der Waals surface area contributed by atoms with E-state index in [2.05, 4.69) is 0 Å². The Kier molecular flexibility index (Phi) is 7.60. The highest BCUT2D eigenvalue weighted by atomic mass is 16.3. The Morgan fingerprint density at radius 2 is 1.66 bits per heavy atom. The zero-order valence-corrected chi connectivity index (χ0v) is 26.0. The molecule has 6 atom stereocenters. The summed E-state index contributed by atoms with van der Waals surface area (Å²) in [5.74, 6) is -8.43. The first-order chi connectivity index (χ1) is 18.8. The van der Waals surface area contributed by atoms with Crippen LogP contribution in [0.3, 0.4) is 0 Å². The number of Topliss-reactive ketones (excluding diaryl/α,β-unsaturated/α-hetero) is 5. The van der Waals surface area contributed by atoms with Gasteiger partial charge < -0.3 is 10.2 Å². The van der Waals surface area contributed by atoms with Gasteiger partial charge in [-0.3, -0.25) is 24.0 Å². The Morgan fingerprint density at radius 3 is 2.20 bits per heavy atom. The monoisotopic (exact) mass is 566 g/mol. The van der Waals surface area contributed by atoms with Crippen molar-refractivity contribution in [2.45, 2.75) is 106 Å². The van der Waals surface area contributed by atoms with Crippen molar-refractivity contribution in [3.8, 4) is 5.75 Å². The zero-order chi connectivity index (χ0) is 31.0. The molecule has 2 N–H and O–H groups in total. The van der Waals surface area contributed by atoms with Gasteiger partial charge in [0.1, 0.15) is 11.7 Å². The Labute approximate surface area is 243 Å². The summed E-state index contributed by atoms with van der Waals surface area (Å²) in [4.78, 5) is 70.6. The van der Waals surface area contributed by atoms with Crippen LogP contribution in [0.25, 0.3) is 0 Å². The molecule has 0 amide bonds. The van der Waals surface area contributed by atoms with Crippen LogP contribution in [0.5, 0.6) is 5.75 Å². The summed E-state index contributed by atoms with van der Waals surface area (Å²) in [5.41, 5.74) is -4.05. The lowest BCUT2D eigenvalue weighted by Crippen LogP contribution is -2.77. The van der Waals surface area contributed by atoms with Crippen LogP contribution >= 0.6 is 0 Å². The number of ketones is 5. The first kappa shape index (κ1) is 31.3. The molecule has 0 radical (unpaired) electrons. The SMILES string of the molecule is CCCC(C)(C)CC(=O)C1C(=O)C(C(C)C)[C@@]2(C)C[C@@]3(C)Cc4c(C(C)C)ccc(O)c4C(=O)C3C(=O)[C@@]2(O)C1=O. The molecule has 41 heavy (non-hydrogen) atoms. The van der Waals surface area contributed by atoms with Gasteiger partial charge in [0.25, 0.3) is 0 Å². The average Bonchev–Trinajstić information content (AvgIpc) is 2.80. The zero-order valence-electron chi connectivity index (χ0n) is 26.0. The molecule has 4 rings (SSSR count). The van der Waals surface area contributed by atoms with Crippen LogP contribution < -0.4 is 0 Å². The van der Waals surface area contributed by atoms with Crippen molar-refractivity contribution in [2.24, 2.45) is 39.9 Å². The van der Waals surface area contributed by atoms with Gasteiger partial charge in [-0.1, -0.05) is 74.8 Å². The van der Waals surface area contributed by atoms with Crippen LogP contribution in [0.1, 0.15) is 115 Å². The molecule has 7 nitrogen and oxygen atoms in total. The number of phenols is 1. The van der Waals surface area contributed by atoms with Gasteiger partial charge in [-0.05, 0) is 59.1 Å². The average molecular weight is 567 g/mol. The van der Waals surface area contributed by atoms with Crippen LogP contribution in [0, 0.1) is 39.9 Å². The minimum absolute atomic E-state index is 0.0336. The third-order valence-electron chi connectivity index (χ3n) is 10.4. The summed E-state index contributed by atoms with van der Waals surface area (Å²) in [6.07, 6.45) is 1.83. The summed E-state index contributed by atoms with van der Waals surface area (Å²) in [6.45, 7) is 16.8. The lowest BCUT2D eigenvalue weighted by Gasteiger charge is -2.62. The van der Waals surface area contributed by atoms with E-state index in [9.17, 15) is 34.2 Å². The van der Waals surface area contributed by atoms with E-state index >= 15 is 0 Å². The molecule has 3 aliphatic carbocycles. The van der Waals surface area contributed by atoms with Gasteiger partial charge in [0.2, 0.25) is 0 Å². The van der Waals surface area contributed by atoms with Crippen LogP contribution in [0.2, 0.25) is 0 Å². The van der Waals surface area contributed by atoms with Crippen molar-refractivity contribution in [3.63, 3.8) is 0 Å². The Morgan fingerprint density at radius 1 is 1.05 bits per heavy atom. The first-order valence-corrected chi connectivity index (χ1v) is 15.1. The quantitative estimate of drug-likeness (QED) is 0.423. The minimum atomic E-state index is -2.69. The van der Waals surface area contributed by atoms with Crippen LogP contribution in [0.4, 0.5) is 0 Å². The third-order valence-corrected chi connectivity index (χ3v) is 10.4. The number of hydrogen-bond acceptors (Lipinski definition) is 7. The molecule has 1 aromatic rings. The van der Waals surface area contributed by atoms with Crippen molar-refractivity contribution in [3.05, 3.63) is 28.8 Å². The standard InChI is InChI=1S/C34H46O7/c1-10-13-31(6,7)15-22(36)24-28(38)25(18(4)5)33(9)16-32(8)14-20-19(17(2)3)11-12-21(35)23(20)27(37)26(32)30(40)34(33,41)29(24)39/h11-12,17-18,24-26,35,41H,10,13-16H2,1-9H3/t24?,25?,26?,32-,33-,34+/m1/s1. The molecule has 224 valence electrons. The van der Waals surface area contributed by atoms with Crippen LogP contribution in [0.15, 0.2) is 12.1 Å². The summed E-state index contributed by atoms with van der Waals surface area (Å²) < 4.78 is 0. The molecule has 0 aromatic heterocycles. The Hall–Kier alpha value is -2.67. The predicted octanol–water partition coefficient (Wildman–Crippen LogP) is 5.41. The number of hydrogen-bond donors (Lipinski definition) is 2. The molecular formula is C34H46O7. The molecule has 7 heteroatoms. The Balaban J connectivity index is 1.91. The van der Waals surface area contributed by atoms with E-state index in [0.717, 1.165) is 12.0 Å². The molecule has 0 bridgehead atoms. The highest BCUT2D eigenvalue weighted by molar-refractivity contribution is 6.33. The maximum atomic E-state index is 14.5. The van der Waals surface area contributed by atoms with Gasteiger partial charge in [0.15, 0.2) is 34.5 Å². The number of benzene rings is 1. The number of aromatic hydroxyl groups is 1. The van der Waals surface area contributed by atoms with E-state index in [1.807, 2.05) is 55.4 Å². The molecule has 1 aromatic carbocycles. The highest BCUT2D eigenvalue weighted by Crippen LogP contribution is 2.64. The number of aliphatic hydroxyl groups is 1. The topological polar surface area (TPSA) is 126 Å². The second-order valence-electron chi connectivity index (χ2n) is 15.0. The normalized spacial score (nSPS) is 33.6. The molecule has 2 saturated carbocycles. The second kappa shape index (κ2) is 9.96. The smallest absolute Gasteiger partial charge is 0.190 e. The Bertz CT molecular complexity index is 1340. The van der Waals surface area contributed by atoms with E-state index in [-0.39, 0.29) is 42.4 Å². The van der Waals surface area contributed by atoms with Crippen molar-refractivity contribution >= 4 is 28.9 Å². The molecule has 0 heterocycles. The van der Waals surface area contributed by atoms with Gasteiger partial charge in [-0.25, -0.2) is 0 Å². The van der Waals surface area contributed by atoms with Gasteiger partial charge >= 0.3 is 0 Å². The fourth-order valence-corrected chi connectivity index (χ4v) is 8.96. The van der Waals surface area contributed by atoms with Gasteiger partial charge in [0.05, 0.1) is 11.5 Å². The summed E-state index contributed by atoms with van der Waals surface area (Å²) in [5, 5.41) is 23.1. The van der Waals surface area contributed by atoms with Crippen molar-refractivity contribution in [2.75, 3.05) is 0 Å². The summed E-state index contributed by atoms with van der Waals surface area (Å²) in [6, 6.07) is 3.24. The highest BCUT2D eigenvalue weighted by Gasteiger charge is 2.76. The van der Waals surface area contributed by atoms with E-state index in [4.69, 9.17) is 0 Å². The first-order valence-electron chi connectivity index (χ1n) is 15.1. The van der Waals surface area contributed by atoms with Crippen LogP contribution in [-0.4, -0.2) is 44.7 Å².